The number of methoxy groups -OCH3 is 1. The van der Waals surface area contributed by atoms with E-state index in [1.54, 1.807) is 7.11 Å². The number of pyridine rings is 2. The van der Waals surface area contributed by atoms with Crippen molar-refractivity contribution < 1.29 is 4.74 Å². The Balaban J connectivity index is 1.49. The molecule has 0 saturated carbocycles. The molecule has 3 fully saturated rings. The van der Waals surface area contributed by atoms with Gasteiger partial charge in [-0.3, -0.25) is 0 Å². The molecule has 22 heavy (non-hydrogen) atoms. The zero-order chi connectivity index (χ0) is 15.1. The number of nitrogens with zero attached hydrogens (tertiary/aromatic N) is 4. The third kappa shape index (κ3) is 2.31. The first-order valence-electron chi connectivity index (χ1n) is 7.39. The second-order valence-electron chi connectivity index (χ2n) is 5.75. The average molecular weight is 361 g/mol. The van der Waals surface area contributed by atoms with Gasteiger partial charge in [0.05, 0.1) is 19.0 Å². The van der Waals surface area contributed by atoms with Gasteiger partial charge in [-0.05, 0) is 40.5 Å². The van der Waals surface area contributed by atoms with E-state index in [1.165, 1.54) is 12.1 Å². The summed E-state index contributed by atoms with van der Waals surface area (Å²) in [7, 11) is 1.64. The van der Waals surface area contributed by atoms with Gasteiger partial charge in [0, 0.05) is 41.9 Å². The SMILES string of the molecule is COc1ccc(N2C3CC2CN(c2ccc(Br)cn2)C3)cn1. The second-order valence-corrected chi connectivity index (χ2v) is 6.66. The molecule has 114 valence electrons. The smallest absolute Gasteiger partial charge is 0.213 e. The van der Waals surface area contributed by atoms with Crippen LogP contribution in [0.1, 0.15) is 6.42 Å². The van der Waals surface area contributed by atoms with Crippen molar-refractivity contribution in [3.63, 3.8) is 0 Å². The predicted octanol–water partition coefficient (Wildman–Crippen LogP) is 2.72. The average Bonchev–Trinajstić information content (AvgIpc) is 2.56. The number of ether oxygens (including phenoxy) is 1. The number of rotatable bonds is 3. The topological polar surface area (TPSA) is 41.5 Å². The van der Waals surface area contributed by atoms with Crippen LogP contribution < -0.4 is 14.5 Å². The zero-order valence-corrected chi connectivity index (χ0v) is 13.9. The molecular formula is C16H17BrN4O. The minimum Gasteiger partial charge on any atom is -0.481 e. The molecule has 0 aromatic carbocycles. The molecule has 2 aromatic heterocycles. The molecule has 2 aromatic rings. The molecule has 2 bridgehead atoms. The molecule has 5 nitrogen and oxygen atoms in total. The normalized spacial score (nSPS) is 23.2. The summed E-state index contributed by atoms with van der Waals surface area (Å²) in [6, 6.07) is 9.23. The summed E-state index contributed by atoms with van der Waals surface area (Å²) in [4.78, 5) is 13.7. The summed E-state index contributed by atoms with van der Waals surface area (Å²) in [5.41, 5.74) is 1.19. The standard InChI is InChI=1S/C16H17BrN4O/c1-22-16-5-3-12(8-19-16)21-13-6-14(21)10-20(9-13)15-4-2-11(17)7-18-15/h2-5,7-8,13-14H,6,9-10H2,1H3. The van der Waals surface area contributed by atoms with Gasteiger partial charge in [-0.25, -0.2) is 9.97 Å². The number of hydrogen-bond donors (Lipinski definition) is 0. The van der Waals surface area contributed by atoms with Crippen molar-refractivity contribution in [3.05, 3.63) is 41.1 Å². The molecule has 6 heteroatoms. The van der Waals surface area contributed by atoms with Crippen LogP contribution in [0.25, 0.3) is 0 Å². The lowest BCUT2D eigenvalue weighted by molar-refractivity contribution is 0.290. The van der Waals surface area contributed by atoms with Crippen LogP contribution in [0, 0.1) is 0 Å². The van der Waals surface area contributed by atoms with Crippen molar-refractivity contribution in [2.45, 2.75) is 18.5 Å². The van der Waals surface area contributed by atoms with Crippen molar-refractivity contribution in [3.8, 4) is 5.88 Å². The van der Waals surface area contributed by atoms with Crippen LogP contribution in [0.15, 0.2) is 41.1 Å². The molecule has 5 rings (SSSR count). The van der Waals surface area contributed by atoms with E-state index in [1.807, 2.05) is 24.5 Å². The number of fused-ring (bicyclic) bond motifs is 2. The highest BCUT2D eigenvalue weighted by atomic mass is 79.9. The summed E-state index contributed by atoms with van der Waals surface area (Å²) < 4.78 is 6.15. The Morgan fingerprint density at radius 2 is 1.91 bits per heavy atom. The van der Waals surface area contributed by atoms with Crippen LogP contribution in [0.5, 0.6) is 5.88 Å². The van der Waals surface area contributed by atoms with Gasteiger partial charge in [-0.1, -0.05) is 0 Å². The molecule has 3 saturated heterocycles. The van der Waals surface area contributed by atoms with Crippen molar-refractivity contribution in [2.75, 3.05) is 30.0 Å². The number of piperazine rings is 1. The van der Waals surface area contributed by atoms with Gasteiger partial charge in [-0.2, -0.15) is 0 Å². The van der Waals surface area contributed by atoms with Crippen molar-refractivity contribution in [1.29, 1.82) is 0 Å². The molecule has 0 N–H and O–H groups in total. The molecule has 3 aliphatic heterocycles. The lowest BCUT2D eigenvalue weighted by Gasteiger charge is -2.57. The minimum atomic E-state index is 0.541. The molecule has 5 heterocycles. The molecule has 2 unspecified atom stereocenters. The first-order chi connectivity index (χ1) is 10.7. The van der Waals surface area contributed by atoms with E-state index >= 15 is 0 Å². The predicted molar refractivity (Wildman–Crippen MR) is 89.6 cm³/mol. The second kappa shape index (κ2) is 5.43. The summed E-state index contributed by atoms with van der Waals surface area (Å²) in [5, 5.41) is 0. The lowest BCUT2D eigenvalue weighted by Crippen LogP contribution is -2.69. The maximum absolute atomic E-state index is 5.13. The van der Waals surface area contributed by atoms with Crippen molar-refractivity contribution >= 4 is 27.4 Å². The number of halogens is 1. The Morgan fingerprint density at radius 1 is 1.09 bits per heavy atom. The van der Waals surface area contributed by atoms with Crippen LogP contribution in [0.4, 0.5) is 11.5 Å². The molecule has 3 aliphatic rings. The van der Waals surface area contributed by atoms with Gasteiger partial charge < -0.3 is 14.5 Å². The summed E-state index contributed by atoms with van der Waals surface area (Å²) in [6.45, 7) is 2.02. The fraction of sp³-hybridized carbons (Fsp3) is 0.375. The van der Waals surface area contributed by atoms with E-state index in [0.717, 1.165) is 23.4 Å². The van der Waals surface area contributed by atoms with E-state index in [9.17, 15) is 0 Å². The minimum absolute atomic E-state index is 0.541. The molecule has 0 aliphatic carbocycles. The molecule has 2 atom stereocenters. The van der Waals surface area contributed by atoms with Gasteiger partial charge in [0.25, 0.3) is 0 Å². The first kappa shape index (κ1) is 13.8. The van der Waals surface area contributed by atoms with Crippen LogP contribution in [-0.4, -0.2) is 42.3 Å². The summed E-state index contributed by atoms with van der Waals surface area (Å²) in [5.74, 6) is 1.72. The summed E-state index contributed by atoms with van der Waals surface area (Å²) in [6.07, 6.45) is 5.02. The highest BCUT2D eigenvalue weighted by Gasteiger charge is 2.45. The number of piperidine rings is 1. The van der Waals surface area contributed by atoms with Crippen LogP contribution in [0.3, 0.4) is 0 Å². The maximum atomic E-state index is 5.13. The summed E-state index contributed by atoms with van der Waals surface area (Å²) >= 11 is 3.44. The first-order valence-corrected chi connectivity index (χ1v) is 8.19. The van der Waals surface area contributed by atoms with E-state index in [-0.39, 0.29) is 0 Å². The van der Waals surface area contributed by atoms with Gasteiger partial charge in [0.2, 0.25) is 5.88 Å². The van der Waals surface area contributed by atoms with E-state index in [4.69, 9.17) is 4.74 Å². The van der Waals surface area contributed by atoms with Crippen LogP contribution in [-0.2, 0) is 0 Å². The number of hydrogen-bond acceptors (Lipinski definition) is 5. The molecule has 0 amide bonds. The highest BCUT2D eigenvalue weighted by Crippen LogP contribution is 2.38. The molecular weight excluding hydrogens is 344 g/mol. The Hall–Kier alpha value is -1.82. The Bertz CT molecular complexity index is 649. The highest BCUT2D eigenvalue weighted by molar-refractivity contribution is 9.10. The van der Waals surface area contributed by atoms with Crippen LogP contribution >= 0.6 is 15.9 Å². The fourth-order valence-corrected chi connectivity index (χ4v) is 3.65. The fourth-order valence-electron chi connectivity index (χ4n) is 3.42. The monoisotopic (exact) mass is 360 g/mol. The number of aromatic nitrogens is 2. The van der Waals surface area contributed by atoms with Crippen molar-refractivity contribution in [2.24, 2.45) is 0 Å². The van der Waals surface area contributed by atoms with Crippen LogP contribution in [0.2, 0.25) is 0 Å². The zero-order valence-electron chi connectivity index (χ0n) is 12.3. The van der Waals surface area contributed by atoms with Gasteiger partial charge >= 0.3 is 0 Å². The third-order valence-electron chi connectivity index (χ3n) is 4.46. The molecule has 0 spiro atoms. The largest absolute Gasteiger partial charge is 0.481 e. The van der Waals surface area contributed by atoms with Gasteiger partial charge in [0.15, 0.2) is 0 Å². The van der Waals surface area contributed by atoms with E-state index in [2.05, 4.69) is 47.8 Å². The van der Waals surface area contributed by atoms with E-state index in [0.29, 0.717) is 18.0 Å². The quantitative estimate of drug-likeness (QED) is 0.841. The number of anilines is 2. The van der Waals surface area contributed by atoms with Gasteiger partial charge in [-0.15, -0.1) is 0 Å². The maximum Gasteiger partial charge on any atom is 0.213 e. The Labute approximate surface area is 138 Å². The molecule has 0 radical (unpaired) electrons. The lowest BCUT2D eigenvalue weighted by atomic mass is 9.87. The third-order valence-corrected chi connectivity index (χ3v) is 4.93. The van der Waals surface area contributed by atoms with E-state index < -0.39 is 0 Å². The van der Waals surface area contributed by atoms with Crippen molar-refractivity contribution in [1.82, 2.24) is 9.97 Å². The Kier molecular flexibility index (Phi) is 3.41. The van der Waals surface area contributed by atoms with Gasteiger partial charge in [0.1, 0.15) is 5.82 Å². The Morgan fingerprint density at radius 3 is 2.50 bits per heavy atom.